The van der Waals surface area contributed by atoms with Gasteiger partial charge in [0.15, 0.2) is 5.78 Å². The van der Waals surface area contributed by atoms with E-state index in [1.165, 1.54) is 25.1 Å². The molecule has 0 unspecified atom stereocenters. The minimum Gasteiger partial charge on any atom is -0.373 e. The summed E-state index contributed by atoms with van der Waals surface area (Å²) >= 11 is 1.96. The predicted molar refractivity (Wildman–Crippen MR) is 73.6 cm³/mol. The predicted octanol–water partition coefficient (Wildman–Crippen LogP) is 3.97. The van der Waals surface area contributed by atoms with Gasteiger partial charge in [0, 0.05) is 3.57 Å². The van der Waals surface area contributed by atoms with E-state index < -0.39 is 11.7 Å². The lowest BCUT2D eigenvalue weighted by atomic mass is 10.1. The highest BCUT2D eigenvalue weighted by Crippen LogP contribution is 2.31. The number of hydrogen-bond donors (Lipinski definition) is 0. The maximum absolute atomic E-state index is 12.5. The Morgan fingerprint density at radius 2 is 2.11 bits per heavy atom. The Bertz CT molecular complexity index is 481. The Morgan fingerprint density at radius 1 is 1.42 bits per heavy atom. The number of alkyl halides is 3. The van der Waals surface area contributed by atoms with E-state index in [1.807, 2.05) is 22.6 Å². The van der Waals surface area contributed by atoms with Crippen LogP contribution in [0.1, 0.15) is 18.1 Å². The summed E-state index contributed by atoms with van der Waals surface area (Å²) in [6, 6.07) is 3.53. The Morgan fingerprint density at radius 3 is 2.68 bits per heavy atom. The molecule has 0 heterocycles. The van der Waals surface area contributed by atoms with Crippen molar-refractivity contribution in [2.45, 2.75) is 19.7 Å². The molecular formula is C13H12F3IO2. The van der Waals surface area contributed by atoms with Crippen molar-refractivity contribution in [2.75, 3.05) is 6.61 Å². The molecule has 1 aromatic rings. The first-order chi connectivity index (χ1) is 8.80. The molecule has 19 heavy (non-hydrogen) atoms. The van der Waals surface area contributed by atoms with Gasteiger partial charge in [0.05, 0.1) is 18.8 Å². The summed E-state index contributed by atoms with van der Waals surface area (Å²) < 4.78 is 43.5. The van der Waals surface area contributed by atoms with Gasteiger partial charge in [0.1, 0.15) is 0 Å². The van der Waals surface area contributed by atoms with Crippen molar-refractivity contribution in [3.63, 3.8) is 0 Å². The van der Waals surface area contributed by atoms with Crippen LogP contribution in [0.15, 0.2) is 30.4 Å². The van der Waals surface area contributed by atoms with Gasteiger partial charge in [-0.2, -0.15) is 13.2 Å². The van der Waals surface area contributed by atoms with Crippen LogP contribution in [0.25, 0.3) is 0 Å². The van der Waals surface area contributed by atoms with Gasteiger partial charge < -0.3 is 4.74 Å². The first-order valence-electron chi connectivity index (χ1n) is 5.41. The molecule has 1 aromatic carbocycles. The van der Waals surface area contributed by atoms with Crippen LogP contribution in [0.4, 0.5) is 13.2 Å². The zero-order valence-electron chi connectivity index (χ0n) is 10.1. The minimum atomic E-state index is -4.35. The van der Waals surface area contributed by atoms with Crippen LogP contribution in [0, 0.1) is 3.57 Å². The van der Waals surface area contributed by atoms with Crippen molar-refractivity contribution in [3.8, 4) is 0 Å². The molecular weight excluding hydrogens is 372 g/mol. The third-order valence-electron chi connectivity index (χ3n) is 2.20. The number of benzene rings is 1. The Labute approximate surface area is 122 Å². The smallest absolute Gasteiger partial charge is 0.373 e. The van der Waals surface area contributed by atoms with Gasteiger partial charge in [0.2, 0.25) is 0 Å². The van der Waals surface area contributed by atoms with E-state index in [1.54, 1.807) is 0 Å². The van der Waals surface area contributed by atoms with Gasteiger partial charge in [-0.05, 0) is 59.4 Å². The van der Waals surface area contributed by atoms with Crippen molar-refractivity contribution in [2.24, 2.45) is 0 Å². The lowest BCUT2D eigenvalue weighted by Crippen LogP contribution is -2.07. The number of ketones is 1. The molecule has 0 bridgehead atoms. The van der Waals surface area contributed by atoms with Gasteiger partial charge in [-0.3, -0.25) is 4.79 Å². The highest BCUT2D eigenvalue weighted by molar-refractivity contribution is 14.1. The molecule has 0 saturated heterocycles. The molecule has 0 amide bonds. The third-order valence-corrected chi connectivity index (χ3v) is 3.25. The van der Waals surface area contributed by atoms with Crippen LogP contribution < -0.4 is 0 Å². The molecule has 0 radical (unpaired) electrons. The summed E-state index contributed by atoms with van der Waals surface area (Å²) in [5.41, 5.74) is -0.211. The van der Waals surface area contributed by atoms with Crippen LogP contribution in [0.2, 0.25) is 0 Å². The van der Waals surface area contributed by atoms with Crippen molar-refractivity contribution >= 4 is 28.4 Å². The molecule has 0 N–H and O–H groups in total. The maximum Gasteiger partial charge on any atom is 0.416 e. The second-order valence-corrected chi connectivity index (χ2v) is 4.99. The molecule has 2 nitrogen and oxygen atoms in total. The molecule has 0 aliphatic rings. The van der Waals surface area contributed by atoms with Crippen LogP contribution in [-0.4, -0.2) is 12.4 Å². The van der Waals surface area contributed by atoms with E-state index in [9.17, 15) is 18.0 Å². The molecule has 0 fully saturated rings. The van der Waals surface area contributed by atoms with Crippen LogP contribution in [0.3, 0.4) is 0 Å². The molecule has 0 saturated carbocycles. The number of carbonyl (C=O) groups excluding carboxylic acids is 1. The molecule has 104 valence electrons. The number of allylic oxidation sites excluding steroid dienone is 1. The van der Waals surface area contributed by atoms with Gasteiger partial charge in [-0.25, -0.2) is 0 Å². The van der Waals surface area contributed by atoms with E-state index in [2.05, 4.69) is 0 Å². The SMILES string of the molecule is CC(=O)/C=C/COCc1cc(C(F)(F)F)ccc1I. The fourth-order valence-corrected chi connectivity index (χ4v) is 1.80. The van der Waals surface area contributed by atoms with Crippen LogP contribution >= 0.6 is 22.6 Å². The highest BCUT2D eigenvalue weighted by Gasteiger charge is 2.30. The topological polar surface area (TPSA) is 26.3 Å². The summed E-state index contributed by atoms with van der Waals surface area (Å²) in [7, 11) is 0. The molecule has 0 atom stereocenters. The molecule has 1 rings (SSSR count). The van der Waals surface area contributed by atoms with E-state index in [0.29, 0.717) is 9.13 Å². The summed E-state index contributed by atoms with van der Waals surface area (Å²) in [6.07, 6.45) is -1.46. The van der Waals surface area contributed by atoms with Crippen LogP contribution in [0.5, 0.6) is 0 Å². The molecule has 0 aromatic heterocycles. The molecule has 0 spiro atoms. The Balaban J connectivity index is 2.65. The second-order valence-electron chi connectivity index (χ2n) is 3.83. The minimum absolute atomic E-state index is 0.0738. The van der Waals surface area contributed by atoms with Crippen LogP contribution in [-0.2, 0) is 22.3 Å². The summed E-state index contributed by atoms with van der Waals surface area (Å²) in [6.45, 7) is 1.67. The summed E-state index contributed by atoms with van der Waals surface area (Å²) in [5, 5.41) is 0. The second kappa shape index (κ2) is 7.04. The summed E-state index contributed by atoms with van der Waals surface area (Å²) in [4.78, 5) is 10.6. The monoisotopic (exact) mass is 384 g/mol. The van der Waals surface area contributed by atoms with Crippen molar-refractivity contribution in [1.82, 2.24) is 0 Å². The maximum atomic E-state index is 12.5. The number of hydrogen-bond acceptors (Lipinski definition) is 2. The Kier molecular flexibility index (Phi) is 5.99. The lowest BCUT2D eigenvalue weighted by Gasteiger charge is -2.10. The number of halogens is 4. The standard InChI is InChI=1S/C13H12F3IO2/c1-9(18)3-2-6-19-8-10-7-11(13(14,15)16)4-5-12(10)17/h2-5,7H,6,8H2,1H3/b3-2+. The molecule has 0 aliphatic carbocycles. The first kappa shape index (κ1) is 16.2. The van der Waals surface area contributed by atoms with Crippen molar-refractivity contribution in [1.29, 1.82) is 0 Å². The summed E-state index contributed by atoms with van der Waals surface area (Å²) in [5.74, 6) is -0.0998. The van der Waals surface area contributed by atoms with E-state index in [-0.39, 0.29) is 19.0 Å². The lowest BCUT2D eigenvalue weighted by molar-refractivity contribution is -0.137. The quantitative estimate of drug-likeness (QED) is 0.436. The highest BCUT2D eigenvalue weighted by atomic mass is 127. The largest absolute Gasteiger partial charge is 0.416 e. The van der Waals surface area contributed by atoms with E-state index in [0.717, 1.165) is 12.1 Å². The van der Waals surface area contributed by atoms with Gasteiger partial charge in [-0.15, -0.1) is 0 Å². The van der Waals surface area contributed by atoms with Gasteiger partial charge in [0.25, 0.3) is 0 Å². The van der Waals surface area contributed by atoms with Gasteiger partial charge >= 0.3 is 6.18 Å². The van der Waals surface area contributed by atoms with E-state index in [4.69, 9.17) is 4.74 Å². The molecule has 0 aliphatic heterocycles. The molecule has 6 heteroatoms. The first-order valence-corrected chi connectivity index (χ1v) is 6.49. The fraction of sp³-hybridized carbons (Fsp3) is 0.308. The van der Waals surface area contributed by atoms with Crippen molar-refractivity contribution < 1.29 is 22.7 Å². The number of rotatable bonds is 5. The zero-order chi connectivity index (χ0) is 14.5. The van der Waals surface area contributed by atoms with Crippen molar-refractivity contribution in [3.05, 3.63) is 45.0 Å². The van der Waals surface area contributed by atoms with Gasteiger partial charge in [-0.1, -0.05) is 6.08 Å². The van der Waals surface area contributed by atoms with E-state index >= 15 is 0 Å². The average Bonchev–Trinajstić information content (AvgIpc) is 2.29. The third kappa shape index (κ3) is 5.73. The zero-order valence-corrected chi connectivity index (χ0v) is 12.3. The number of ether oxygens (including phenoxy) is 1. The normalized spacial score (nSPS) is 12.1. The number of carbonyl (C=O) groups is 1. The Hall–Kier alpha value is -0.890. The fourth-order valence-electron chi connectivity index (χ4n) is 1.31. The average molecular weight is 384 g/mol.